The van der Waals surface area contributed by atoms with Crippen LogP contribution < -0.4 is 5.32 Å². The van der Waals surface area contributed by atoms with Gasteiger partial charge in [-0.1, -0.05) is 23.8 Å². The molecular weight excluding hydrogens is 354 g/mol. The molecule has 138 valence electrons. The van der Waals surface area contributed by atoms with E-state index >= 15 is 0 Å². The molecule has 0 aliphatic carbocycles. The SMILES string of the molecule is C=C(C)COCCNC(=O)N1CCn2c(nnc2-c2ccc(Cl)cc2)C1. The fourth-order valence-electron chi connectivity index (χ4n) is 2.73. The third-order valence-corrected chi connectivity index (χ3v) is 4.27. The van der Waals surface area contributed by atoms with Gasteiger partial charge in [0.05, 0.1) is 19.8 Å². The standard InChI is InChI=1S/C18H22ClN5O2/c1-13(2)12-26-10-7-20-18(25)23-8-9-24-16(11-23)21-22-17(24)14-3-5-15(19)6-4-14/h3-6H,1,7-12H2,2H3,(H,20,25). The van der Waals surface area contributed by atoms with Gasteiger partial charge in [-0.3, -0.25) is 0 Å². The van der Waals surface area contributed by atoms with Crippen LogP contribution in [0.3, 0.4) is 0 Å². The number of urea groups is 1. The van der Waals surface area contributed by atoms with Gasteiger partial charge < -0.3 is 19.5 Å². The number of amides is 2. The van der Waals surface area contributed by atoms with E-state index in [1.807, 2.05) is 35.8 Å². The summed E-state index contributed by atoms with van der Waals surface area (Å²) >= 11 is 5.94. The summed E-state index contributed by atoms with van der Waals surface area (Å²) in [5.41, 5.74) is 1.92. The molecule has 0 unspecified atom stereocenters. The Balaban J connectivity index is 1.56. The van der Waals surface area contributed by atoms with Gasteiger partial charge in [0.25, 0.3) is 0 Å². The maximum absolute atomic E-state index is 12.3. The highest BCUT2D eigenvalue weighted by Gasteiger charge is 2.24. The predicted molar refractivity (Wildman–Crippen MR) is 99.9 cm³/mol. The minimum absolute atomic E-state index is 0.119. The fraction of sp³-hybridized carbons (Fsp3) is 0.389. The number of fused-ring (bicyclic) bond motifs is 1. The zero-order chi connectivity index (χ0) is 18.5. The van der Waals surface area contributed by atoms with Crippen LogP contribution in [-0.4, -0.2) is 52.0 Å². The Morgan fingerprint density at radius 3 is 2.81 bits per heavy atom. The number of rotatable bonds is 6. The first-order valence-corrected chi connectivity index (χ1v) is 8.85. The van der Waals surface area contributed by atoms with Gasteiger partial charge >= 0.3 is 6.03 Å². The van der Waals surface area contributed by atoms with Crippen molar-refractivity contribution in [1.82, 2.24) is 25.0 Å². The molecule has 2 heterocycles. The molecule has 3 rings (SSSR count). The van der Waals surface area contributed by atoms with Crippen LogP contribution in [0.15, 0.2) is 36.4 Å². The van der Waals surface area contributed by atoms with Crippen LogP contribution in [-0.2, 0) is 17.8 Å². The van der Waals surface area contributed by atoms with Crippen LogP contribution in [0.1, 0.15) is 12.7 Å². The van der Waals surface area contributed by atoms with Crippen molar-refractivity contribution >= 4 is 17.6 Å². The quantitative estimate of drug-likeness (QED) is 0.622. The molecule has 0 fully saturated rings. The van der Waals surface area contributed by atoms with E-state index in [2.05, 4.69) is 22.1 Å². The molecule has 0 radical (unpaired) electrons. The Morgan fingerprint density at radius 1 is 1.31 bits per heavy atom. The summed E-state index contributed by atoms with van der Waals surface area (Å²) in [6, 6.07) is 7.38. The van der Waals surface area contributed by atoms with Crippen molar-refractivity contribution < 1.29 is 9.53 Å². The Bertz CT molecular complexity index is 787. The van der Waals surface area contributed by atoms with Crippen molar-refractivity contribution in [3.63, 3.8) is 0 Å². The number of carbonyl (C=O) groups excluding carboxylic acids is 1. The lowest BCUT2D eigenvalue weighted by Gasteiger charge is -2.28. The van der Waals surface area contributed by atoms with E-state index in [-0.39, 0.29) is 6.03 Å². The largest absolute Gasteiger partial charge is 0.375 e. The van der Waals surface area contributed by atoms with Crippen LogP contribution in [0.4, 0.5) is 4.79 Å². The third kappa shape index (κ3) is 4.42. The number of hydrogen-bond acceptors (Lipinski definition) is 4. The number of aromatic nitrogens is 3. The highest BCUT2D eigenvalue weighted by Crippen LogP contribution is 2.23. The lowest BCUT2D eigenvalue weighted by molar-refractivity contribution is 0.149. The van der Waals surface area contributed by atoms with Gasteiger partial charge in [0.15, 0.2) is 11.6 Å². The number of halogens is 1. The molecule has 1 aliphatic heterocycles. The van der Waals surface area contributed by atoms with Crippen molar-refractivity contribution in [1.29, 1.82) is 0 Å². The molecule has 26 heavy (non-hydrogen) atoms. The molecule has 1 aromatic carbocycles. The van der Waals surface area contributed by atoms with E-state index in [9.17, 15) is 4.79 Å². The van der Waals surface area contributed by atoms with Crippen LogP contribution >= 0.6 is 11.6 Å². The molecule has 7 nitrogen and oxygen atoms in total. The maximum Gasteiger partial charge on any atom is 0.317 e. The summed E-state index contributed by atoms with van der Waals surface area (Å²) in [5.74, 6) is 1.57. The fourth-order valence-corrected chi connectivity index (χ4v) is 2.86. The van der Waals surface area contributed by atoms with Crippen LogP contribution in [0.25, 0.3) is 11.4 Å². The van der Waals surface area contributed by atoms with Crippen molar-refractivity contribution in [2.75, 3.05) is 26.3 Å². The molecular formula is C18H22ClN5O2. The first kappa shape index (κ1) is 18.4. The van der Waals surface area contributed by atoms with Gasteiger partial charge in [-0.05, 0) is 31.2 Å². The van der Waals surface area contributed by atoms with E-state index in [1.165, 1.54) is 0 Å². The van der Waals surface area contributed by atoms with E-state index in [1.54, 1.807) is 4.90 Å². The van der Waals surface area contributed by atoms with Gasteiger partial charge in [0.2, 0.25) is 0 Å². The lowest BCUT2D eigenvalue weighted by atomic mass is 10.2. The normalized spacial score (nSPS) is 13.4. The lowest BCUT2D eigenvalue weighted by Crippen LogP contribution is -2.45. The summed E-state index contributed by atoms with van der Waals surface area (Å²) in [6.07, 6.45) is 0. The summed E-state index contributed by atoms with van der Waals surface area (Å²) in [5, 5.41) is 12.1. The second-order valence-electron chi connectivity index (χ2n) is 6.26. The summed E-state index contributed by atoms with van der Waals surface area (Å²) in [6.45, 7) is 8.79. The maximum atomic E-state index is 12.3. The van der Waals surface area contributed by atoms with Gasteiger partial charge in [0.1, 0.15) is 0 Å². The summed E-state index contributed by atoms with van der Waals surface area (Å²) in [7, 11) is 0. The molecule has 8 heteroatoms. The van der Waals surface area contributed by atoms with E-state index in [0.717, 1.165) is 22.8 Å². The van der Waals surface area contributed by atoms with Crippen molar-refractivity contribution in [3.05, 3.63) is 47.3 Å². The summed E-state index contributed by atoms with van der Waals surface area (Å²) < 4.78 is 7.43. The summed E-state index contributed by atoms with van der Waals surface area (Å²) in [4.78, 5) is 14.0. The number of hydrogen-bond donors (Lipinski definition) is 1. The third-order valence-electron chi connectivity index (χ3n) is 4.01. The Kier molecular flexibility index (Phi) is 5.90. The molecule has 0 bridgehead atoms. The zero-order valence-electron chi connectivity index (χ0n) is 14.7. The van der Waals surface area contributed by atoms with E-state index in [4.69, 9.17) is 16.3 Å². The van der Waals surface area contributed by atoms with Gasteiger partial charge in [-0.15, -0.1) is 10.2 Å². The Labute approximate surface area is 157 Å². The molecule has 0 spiro atoms. The minimum atomic E-state index is -0.119. The van der Waals surface area contributed by atoms with E-state index < -0.39 is 0 Å². The highest BCUT2D eigenvalue weighted by atomic mass is 35.5. The monoisotopic (exact) mass is 375 g/mol. The van der Waals surface area contributed by atoms with Crippen LogP contribution in [0.2, 0.25) is 5.02 Å². The molecule has 0 saturated heterocycles. The van der Waals surface area contributed by atoms with Crippen LogP contribution in [0, 0.1) is 0 Å². The number of nitrogens with zero attached hydrogens (tertiary/aromatic N) is 4. The zero-order valence-corrected chi connectivity index (χ0v) is 15.5. The number of nitrogens with one attached hydrogen (secondary N) is 1. The second kappa shape index (κ2) is 8.33. The first-order valence-electron chi connectivity index (χ1n) is 8.47. The predicted octanol–water partition coefficient (Wildman–Crippen LogP) is 2.72. The van der Waals surface area contributed by atoms with Gasteiger partial charge in [0, 0.05) is 30.2 Å². The molecule has 1 aliphatic rings. The Morgan fingerprint density at radius 2 is 2.08 bits per heavy atom. The van der Waals surface area contributed by atoms with Crippen molar-refractivity contribution in [2.45, 2.75) is 20.0 Å². The van der Waals surface area contributed by atoms with Crippen LogP contribution in [0.5, 0.6) is 0 Å². The topological polar surface area (TPSA) is 72.3 Å². The molecule has 1 aromatic heterocycles. The molecule has 2 aromatic rings. The number of benzene rings is 1. The number of carbonyl (C=O) groups is 1. The first-order chi connectivity index (χ1) is 12.5. The van der Waals surface area contributed by atoms with Crippen molar-refractivity contribution in [3.8, 4) is 11.4 Å². The van der Waals surface area contributed by atoms with Gasteiger partial charge in [-0.2, -0.15) is 0 Å². The minimum Gasteiger partial charge on any atom is -0.375 e. The molecule has 0 atom stereocenters. The smallest absolute Gasteiger partial charge is 0.317 e. The average molecular weight is 376 g/mol. The second-order valence-corrected chi connectivity index (χ2v) is 6.70. The molecule has 2 amide bonds. The highest BCUT2D eigenvalue weighted by molar-refractivity contribution is 6.30. The van der Waals surface area contributed by atoms with Gasteiger partial charge in [-0.25, -0.2) is 4.79 Å². The molecule has 1 N–H and O–H groups in total. The number of ether oxygens (including phenoxy) is 1. The van der Waals surface area contributed by atoms with E-state index in [0.29, 0.717) is 44.4 Å². The Hall–Kier alpha value is -2.38. The van der Waals surface area contributed by atoms with Crippen molar-refractivity contribution in [2.24, 2.45) is 0 Å². The molecule has 0 saturated carbocycles. The average Bonchev–Trinajstić information content (AvgIpc) is 3.05.